The molecule has 0 amide bonds. The van der Waals surface area contributed by atoms with E-state index in [0.717, 1.165) is 36.3 Å². The molecule has 0 bridgehead atoms. The summed E-state index contributed by atoms with van der Waals surface area (Å²) < 4.78 is 5.22. The van der Waals surface area contributed by atoms with Gasteiger partial charge in [-0.1, -0.05) is 12.1 Å². The minimum Gasteiger partial charge on any atom is -0.393 e. The zero-order valence-corrected chi connectivity index (χ0v) is 12.5. The van der Waals surface area contributed by atoms with Gasteiger partial charge in [-0.2, -0.15) is 0 Å². The number of hydrogen-bond donors (Lipinski definition) is 1. The van der Waals surface area contributed by atoms with E-state index in [9.17, 15) is 9.90 Å². The summed E-state index contributed by atoms with van der Waals surface area (Å²) in [6.07, 6.45) is 3.66. The maximum Gasteiger partial charge on any atom is 0.137 e. The van der Waals surface area contributed by atoms with Gasteiger partial charge >= 0.3 is 0 Å². The average Bonchev–Trinajstić information content (AvgIpc) is 2.88. The van der Waals surface area contributed by atoms with E-state index in [1.165, 1.54) is 0 Å². The van der Waals surface area contributed by atoms with Crippen molar-refractivity contribution in [2.45, 2.75) is 59.0 Å². The Kier molecular flexibility index (Phi) is 3.24. The average molecular weight is 277 g/mol. The Morgan fingerprint density at radius 2 is 2.15 bits per heavy atom. The second-order valence-electron chi connectivity index (χ2n) is 6.79. The normalized spacial score (nSPS) is 37.2. The molecular formula is C16H23NO3. The van der Waals surface area contributed by atoms with E-state index in [1.807, 2.05) is 13.8 Å². The maximum absolute atomic E-state index is 12.4. The fourth-order valence-corrected chi connectivity index (χ4v) is 4.33. The number of nitrogens with zero attached hydrogens (tertiary/aromatic N) is 1. The zero-order chi connectivity index (χ0) is 14.5. The summed E-state index contributed by atoms with van der Waals surface area (Å²) in [7, 11) is 0. The standard InChI is InChI=1S/C16H23NO3/c1-9-11(10(2)20-17-9)8-12-13-4-5-15(19)16(13,3)7-6-14(12)18/h12-13,15,19H,4-8H2,1-3H3/t12-,13-,15+,16+/m1/s1. The molecule has 4 atom stereocenters. The van der Waals surface area contributed by atoms with Crippen LogP contribution in [-0.2, 0) is 11.2 Å². The fraction of sp³-hybridized carbons (Fsp3) is 0.750. The quantitative estimate of drug-likeness (QED) is 0.902. The van der Waals surface area contributed by atoms with E-state index in [1.54, 1.807) is 0 Å². The van der Waals surface area contributed by atoms with Crippen LogP contribution < -0.4 is 0 Å². The molecule has 3 rings (SSSR count). The SMILES string of the molecule is Cc1noc(C)c1C[C@H]1C(=O)CC[C@@]2(C)[C@@H]1CC[C@@H]2O. The highest BCUT2D eigenvalue weighted by Crippen LogP contribution is 2.54. The molecule has 0 aliphatic heterocycles. The molecule has 4 nitrogen and oxygen atoms in total. The third-order valence-electron chi connectivity index (χ3n) is 5.77. The van der Waals surface area contributed by atoms with Crippen molar-refractivity contribution in [3.63, 3.8) is 0 Å². The van der Waals surface area contributed by atoms with Crippen molar-refractivity contribution in [3.8, 4) is 0 Å². The number of ketones is 1. The van der Waals surface area contributed by atoms with Gasteiger partial charge in [0.1, 0.15) is 11.5 Å². The van der Waals surface area contributed by atoms with Gasteiger partial charge in [-0.05, 0) is 50.9 Å². The Morgan fingerprint density at radius 3 is 2.80 bits per heavy atom. The molecule has 20 heavy (non-hydrogen) atoms. The van der Waals surface area contributed by atoms with Crippen molar-refractivity contribution in [1.82, 2.24) is 5.16 Å². The van der Waals surface area contributed by atoms with Crippen molar-refractivity contribution in [3.05, 3.63) is 17.0 Å². The van der Waals surface area contributed by atoms with Gasteiger partial charge < -0.3 is 9.63 Å². The summed E-state index contributed by atoms with van der Waals surface area (Å²) in [5.41, 5.74) is 1.88. The first-order valence-electron chi connectivity index (χ1n) is 7.56. The number of rotatable bonds is 2. The van der Waals surface area contributed by atoms with Gasteiger partial charge in [0.2, 0.25) is 0 Å². The van der Waals surface area contributed by atoms with Crippen LogP contribution in [-0.4, -0.2) is 22.2 Å². The third kappa shape index (κ3) is 1.93. The van der Waals surface area contributed by atoms with Crippen LogP contribution in [0.5, 0.6) is 0 Å². The van der Waals surface area contributed by atoms with Crippen molar-refractivity contribution in [1.29, 1.82) is 0 Å². The van der Waals surface area contributed by atoms with E-state index in [0.29, 0.717) is 24.5 Å². The summed E-state index contributed by atoms with van der Waals surface area (Å²) >= 11 is 0. The molecular weight excluding hydrogens is 254 g/mol. The monoisotopic (exact) mass is 277 g/mol. The molecule has 2 fully saturated rings. The number of carbonyl (C=O) groups is 1. The van der Waals surface area contributed by atoms with Crippen LogP contribution in [0.2, 0.25) is 0 Å². The Labute approximate surface area is 119 Å². The maximum atomic E-state index is 12.4. The van der Waals surface area contributed by atoms with Gasteiger partial charge in [0.15, 0.2) is 0 Å². The first-order chi connectivity index (χ1) is 9.43. The molecule has 0 unspecified atom stereocenters. The highest BCUT2D eigenvalue weighted by atomic mass is 16.5. The van der Waals surface area contributed by atoms with E-state index in [4.69, 9.17) is 4.52 Å². The number of aryl methyl sites for hydroxylation is 2. The third-order valence-corrected chi connectivity index (χ3v) is 5.77. The largest absolute Gasteiger partial charge is 0.393 e. The van der Waals surface area contributed by atoms with Crippen LogP contribution in [0.1, 0.15) is 49.6 Å². The molecule has 0 saturated heterocycles. The molecule has 2 aliphatic carbocycles. The lowest BCUT2D eigenvalue weighted by Crippen LogP contribution is -2.44. The van der Waals surface area contributed by atoms with Crippen molar-refractivity contribution < 1.29 is 14.4 Å². The molecule has 1 aromatic rings. The van der Waals surface area contributed by atoms with Gasteiger partial charge in [0.25, 0.3) is 0 Å². The topological polar surface area (TPSA) is 63.3 Å². The summed E-state index contributed by atoms with van der Waals surface area (Å²) in [4.78, 5) is 12.4. The Morgan fingerprint density at radius 1 is 1.40 bits per heavy atom. The van der Waals surface area contributed by atoms with Crippen LogP contribution in [0.25, 0.3) is 0 Å². The summed E-state index contributed by atoms with van der Waals surface area (Å²) in [6, 6.07) is 0. The minimum atomic E-state index is -0.257. The van der Waals surface area contributed by atoms with Crippen LogP contribution in [0.15, 0.2) is 4.52 Å². The summed E-state index contributed by atoms with van der Waals surface area (Å²) in [6.45, 7) is 6.00. The van der Waals surface area contributed by atoms with Gasteiger partial charge in [0.05, 0.1) is 11.8 Å². The van der Waals surface area contributed by atoms with Gasteiger partial charge in [-0.3, -0.25) is 4.79 Å². The Bertz CT molecular complexity index is 516. The predicted molar refractivity (Wildman–Crippen MR) is 74.2 cm³/mol. The Balaban J connectivity index is 1.89. The van der Waals surface area contributed by atoms with E-state index in [2.05, 4.69) is 12.1 Å². The minimum absolute atomic E-state index is 0.0164. The molecule has 1 heterocycles. The number of hydrogen-bond acceptors (Lipinski definition) is 4. The van der Waals surface area contributed by atoms with Crippen molar-refractivity contribution in [2.24, 2.45) is 17.3 Å². The number of fused-ring (bicyclic) bond motifs is 1. The fourth-order valence-electron chi connectivity index (χ4n) is 4.33. The van der Waals surface area contributed by atoms with Gasteiger partial charge in [0, 0.05) is 17.9 Å². The smallest absolute Gasteiger partial charge is 0.137 e. The molecule has 0 spiro atoms. The first-order valence-corrected chi connectivity index (χ1v) is 7.56. The van der Waals surface area contributed by atoms with Gasteiger partial charge in [-0.15, -0.1) is 0 Å². The van der Waals surface area contributed by atoms with E-state index < -0.39 is 0 Å². The second kappa shape index (κ2) is 4.69. The first kappa shape index (κ1) is 13.8. The molecule has 0 radical (unpaired) electrons. The molecule has 0 aromatic carbocycles. The predicted octanol–water partition coefficient (Wildman–Crippen LogP) is 2.59. The summed E-state index contributed by atoms with van der Waals surface area (Å²) in [5.74, 6) is 1.48. The number of aliphatic hydroxyl groups is 1. The number of carbonyl (C=O) groups excluding carboxylic acids is 1. The molecule has 2 saturated carbocycles. The van der Waals surface area contributed by atoms with Crippen LogP contribution in [0, 0.1) is 31.1 Å². The van der Waals surface area contributed by atoms with Crippen LogP contribution in [0.4, 0.5) is 0 Å². The lowest BCUT2D eigenvalue weighted by atomic mass is 9.62. The Hall–Kier alpha value is -1.16. The van der Waals surface area contributed by atoms with Crippen LogP contribution >= 0.6 is 0 Å². The number of aliphatic hydroxyl groups excluding tert-OH is 1. The molecule has 4 heteroatoms. The molecule has 2 aliphatic rings. The van der Waals surface area contributed by atoms with Gasteiger partial charge in [-0.25, -0.2) is 0 Å². The number of Topliss-reactive ketones (excluding diaryl/α,β-unsaturated/α-hetero) is 1. The highest BCUT2D eigenvalue weighted by Gasteiger charge is 2.53. The molecule has 110 valence electrons. The van der Waals surface area contributed by atoms with E-state index >= 15 is 0 Å². The molecule has 1 aromatic heterocycles. The van der Waals surface area contributed by atoms with Crippen LogP contribution in [0.3, 0.4) is 0 Å². The second-order valence-corrected chi connectivity index (χ2v) is 6.79. The van der Waals surface area contributed by atoms with Crippen molar-refractivity contribution >= 4 is 5.78 Å². The van der Waals surface area contributed by atoms with Crippen molar-refractivity contribution in [2.75, 3.05) is 0 Å². The summed E-state index contributed by atoms with van der Waals surface area (Å²) in [5, 5.41) is 14.3. The highest BCUT2D eigenvalue weighted by molar-refractivity contribution is 5.83. The molecule has 1 N–H and O–H groups in total. The zero-order valence-electron chi connectivity index (χ0n) is 12.5. The number of aromatic nitrogens is 1. The lowest BCUT2D eigenvalue weighted by Gasteiger charge is -2.42. The lowest BCUT2D eigenvalue weighted by molar-refractivity contribution is -0.132. The van der Waals surface area contributed by atoms with E-state index in [-0.39, 0.29) is 17.4 Å².